The molecule has 0 aliphatic heterocycles. The van der Waals surface area contributed by atoms with E-state index in [9.17, 15) is 4.79 Å². The summed E-state index contributed by atoms with van der Waals surface area (Å²) < 4.78 is 0. The number of amides is 1. The van der Waals surface area contributed by atoms with Crippen LogP contribution in [0.5, 0.6) is 0 Å². The van der Waals surface area contributed by atoms with Gasteiger partial charge in [0.05, 0.1) is 35.0 Å². The van der Waals surface area contributed by atoms with Gasteiger partial charge in [0, 0.05) is 18.0 Å². The number of rotatable bonds is 5. The predicted molar refractivity (Wildman–Crippen MR) is 145 cm³/mol. The highest BCUT2D eigenvalue weighted by atomic mass is 16.2. The normalized spacial score (nSPS) is 14.9. The molecule has 0 spiro atoms. The van der Waals surface area contributed by atoms with E-state index in [1.54, 1.807) is 6.07 Å². The summed E-state index contributed by atoms with van der Waals surface area (Å²) in [5, 5.41) is 0. The Morgan fingerprint density at radius 2 is 1.92 bits per heavy atom. The van der Waals surface area contributed by atoms with Crippen molar-refractivity contribution in [3.63, 3.8) is 0 Å². The molecule has 7 heteroatoms. The highest BCUT2D eigenvalue weighted by Gasteiger charge is 2.32. The van der Waals surface area contributed by atoms with Crippen LogP contribution >= 0.6 is 0 Å². The van der Waals surface area contributed by atoms with Crippen LogP contribution in [0.4, 0.5) is 5.82 Å². The van der Waals surface area contributed by atoms with Gasteiger partial charge in [-0.3, -0.25) is 14.8 Å². The molecule has 1 atom stereocenters. The first kappa shape index (κ1) is 22.9. The summed E-state index contributed by atoms with van der Waals surface area (Å²) in [5.74, 6) is 0.363. The van der Waals surface area contributed by atoms with E-state index in [0.717, 1.165) is 52.9 Å². The van der Waals surface area contributed by atoms with Crippen LogP contribution in [0.2, 0.25) is 0 Å². The number of carbonyl (C=O) groups is 1. The topological polar surface area (TPSA) is 101 Å². The summed E-state index contributed by atoms with van der Waals surface area (Å²) in [6.45, 7) is 2.28. The zero-order valence-corrected chi connectivity index (χ0v) is 20.7. The molecule has 0 radical (unpaired) electrons. The molecular formula is C30H28N6O. The largest absolute Gasteiger partial charge is 0.383 e. The van der Waals surface area contributed by atoms with Crippen molar-refractivity contribution < 1.29 is 4.79 Å². The van der Waals surface area contributed by atoms with Crippen LogP contribution in [0.1, 0.15) is 51.9 Å². The number of nitrogens with zero attached hydrogens (tertiary/aromatic N) is 4. The van der Waals surface area contributed by atoms with Gasteiger partial charge in [-0.2, -0.15) is 0 Å². The molecule has 0 saturated carbocycles. The van der Waals surface area contributed by atoms with Gasteiger partial charge in [-0.05, 0) is 67.1 Å². The number of anilines is 1. The highest BCUT2D eigenvalue weighted by molar-refractivity contribution is 5.97. The lowest BCUT2D eigenvalue weighted by Gasteiger charge is -2.34. The molecular weight excluding hydrogens is 460 g/mol. The van der Waals surface area contributed by atoms with E-state index in [1.807, 2.05) is 60.6 Å². The lowest BCUT2D eigenvalue weighted by molar-refractivity contribution is 0.0624. The number of aryl methyl sites for hydroxylation is 2. The molecule has 0 fully saturated rings. The van der Waals surface area contributed by atoms with Crippen molar-refractivity contribution >= 4 is 22.8 Å². The Bertz CT molecular complexity index is 1540. The molecule has 5 aromatic rings. The molecule has 0 bridgehead atoms. The zero-order chi connectivity index (χ0) is 25.4. The number of carbonyl (C=O) groups excluding carboxylic acids is 1. The van der Waals surface area contributed by atoms with Crippen LogP contribution in [-0.4, -0.2) is 30.7 Å². The number of H-pyrrole nitrogens is 1. The minimum atomic E-state index is -0.140. The summed E-state index contributed by atoms with van der Waals surface area (Å²) in [6.07, 6.45) is 6.50. The number of nitrogens with two attached hydrogens (primary N) is 1. The quantitative estimate of drug-likeness (QED) is 0.334. The maximum atomic E-state index is 14.1. The maximum Gasteiger partial charge on any atom is 0.271 e. The second-order valence-electron chi connectivity index (χ2n) is 9.60. The number of hydrogen-bond acceptors (Lipinski definition) is 5. The summed E-state index contributed by atoms with van der Waals surface area (Å²) in [7, 11) is 0. The van der Waals surface area contributed by atoms with Crippen LogP contribution in [0.15, 0.2) is 79.1 Å². The summed E-state index contributed by atoms with van der Waals surface area (Å²) in [4.78, 5) is 33.1. The van der Waals surface area contributed by atoms with E-state index in [-0.39, 0.29) is 11.9 Å². The molecule has 184 valence electrons. The van der Waals surface area contributed by atoms with Crippen molar-refractivity contribution in [3.05, 3.63) is 107 Å². The van der Waals surface area contributed by atoms with Gasteiger partial charge in [0.25, 0.3) is 5.91 Å². The van der Waals surface area contributed by atoms with Gasteiger partial charge < -0.3 is 15.6 Å². The average Bonchev–Trinajstić information content (AvgIpc) is 3.35. The fourth-order valence-electron chi connectivity index (χ4n) is 5.15. The van der Waals surface area contributed by atoms with Crippen molar-refractivity contribution in [2.75, 3.05) is 5.73 Å². The van der Waals surface area contributed by atoms with Crippen molar-refractivity contribution in [2.45, 2.75) is 38.8 Å². The number of benzene rings is 1. The second-order valence-corrected chi connectivity index (χ2v) is 9.60. The predicted octanol–water partition coefficient (Wildman–Crippen LogP) is 5.63. The van der Waals surface area contributed by atoms with E-state index < -0.39 is 0 Å². The number of fused-ring (bicyclic) bond motifs is 2. The monoisotopic (exact) mass is 488 g/mol. The molecule has 0 saturated heterocycles. The third-order valence-corrected chi connectivity index (χ3v) is 7.13. The number of hydrogen-bond donors (Lipinski definition) is 2. The lowest BCUT2D eigenvalue weighted by Crippen LogP contribution is -2.37. The molecule has 1 aromatic carbocycles. The van der Waals surface area contributed by atoms with Crippen LogP contribution in [0.25, 0.3) is 22.2 Å². The second kappa shape index (κ2) is 9.50. The third kappa shape index (κ3) is 4.44. The zero-order valence-electron chi connectivity index (χ0n) is 20.7. The molecule has 7 nitrogen and oxygen atoms in total. The Hall–Kier alpha value is -4.52. The van der Waals surface area contributed by atoms with Gasteiger partial charge in [0.2, 0.25) is 0 Å². The minimum Gasteiger partial charge on any atom is -0.383 e. The Kier molecular flexibility index (Phi) is 5.88. The number of aromatic nitrogens is 4. The smallest absolute Gasteiger partial charge is 0.271 e. The first-order chi connectivity index (χ1) is 18.1. The van der Waals surface area contributed by atoms with E-state index in [0.29, 0.717) is 23.6 Å². The molecule has 1 aliphatic rings. The van der Waals surface area contributed by atoms with Crippen LogP contribution in [-0.2, 0) is 13.0 Å². The van der Waals surface area contributed by atoms with Crippen molar-refractivity contribution in [2.24, 2.45) is 0 Å². The number of aromatic amines is 1. The Labute approximate surface area is 215 Å². The van der Waals surface area contributed by atoms with Crippen molar-refractivity contribution in [1.82, 2.24) is 24.8 Å². The molecule has 4 aromatic heterocycles. The van der Waals surface area contributed by atoms with Gasteiger partial charge in [-0.1, -0.05) is 42.5 Å². The minimum absolute atomic E-state index is 0.105. The molecule has 6 rings (SSSR count). The van der Waals surface area contributed by atoms with Crippen molar-refractivity contribution in [1.29, 1.82) is 0 Å². The Morgan fingerprint density at radius 1 is 1.05 bits per heavy atom. The van der Waals surface area contributed by atoms with Gasteiger partial charge in [0.15, 0.2) is 0 Å². The number of pyridine rings is 3. The SMILES string of the molecule is Cc1cc2[nH]c(C(=O)N(Cc3ccc(-c4ccccc4)cn3)[C@@H]3CCCc4cccnc43)cc2nc1N. The lowest BCUT2D eigenvalue weighted by atomic mass is 9.90. The van der Waals surface area contributed by atoms with E-state index in [2.05, 4.69) is 34.2 Å². The highest BCUT2D eigenvalue weighted by Crippen LogP contribution is 2.35. The van der Waals surface area contributed by atoms with Crippen LogP contribution < -0.4 is 5.73 Å². The van der Waals surface area contributed by atoms with Gasteiger partial charge in [-0.25, -0.2) is 4.98 Å². The summed E-state index contributed by atoms with van der Waals surface area (Å²) >= 11 is 0. The van der Waals surface area contributed by atoms with Gasteiger partial charge >= 0.3 is 0 Å². The fourth-order valence-corrected chi connectivity index (χ4v) is 5.15. The maximum absolute atomic E-state index is 14.1. The Morgan fingerprint density at radius 3 is 2.73 bits per heavy atom. The van der Waals surface area contributed by atoms with E-state index in [1.165, 1.54) is 5.56 Å². The molecule has 3 N–H and O–H groups in total. The van der Waals surface area contributed by atoms with Crippen LogP contribution in [0.3, 0.4) is 0 Å². The van der Waals surface area contributed by atoms with E-state index >= 15 is 0 Å². The van der Waals surface area contributed by atoms with Crippen LogP contribution in [0, 0.1) is 6.92 Å². The molecule has 37 heavy (non-hydrogen) atoms. The first-order valence-corrected chi connectivity index (χ1v) is 12.6. The van der Waals surface area contributed by atoms with Gasteiger partial charge in [0.1, 0.15) is 11.5 Å². The average molecular weight is 489 g/mol. The number of nitrogen functional groups attached to an aromatic ring is 1. The molecule has 1 aliphatic carbocycles. The fraction of sp³-hybridized carbons (Fsp3) is 0.200. The van der Waals surface area contributed by atoms with E-state index in [4.69, 9.17) is 15.7 Å². The van der Waals surface area contributed by atoms with Gasteiger partial charge in [-0.15, -0.1) is 0 Å². The standard InChI is InChI=1S/C30H28N6O/c1-19-15-24-25(35-29(19)31)16-26(34-24)30(37)36(27-11-5-9-21-10-6-14-32-28(21)27)18-23-13-12-22(17-33-23)20-7-3-2-4-8-20/h2-4,6-8,10,12-17,27,34H,5,9,11,18H2,1H3,(H2,31,35)/t27-/m1/s1. The molecule has 1 amide bonds. The molecule has 4 heterocycles. The molecule has 0 unspecified atom stereocenters. The Balaban J connectivity index is 1.37. The van der Waals surface area contributed by atoms with Crippen molar-refractivity contribution in [3.8, 4) is 11.1 Å². The first-order valence-electron chi connectivity index (χ1n) is 12.6. The summed E-state index contributed by atoms with van der Waals surface area (Å²) in [5.41, 5.74) is 14.0. The number of nitrogens with one attached hydrogen (secondary N) is 1. The summed E-state index contributed by atoms with van der Waals surface area (Å²) in [6, 6.07) is 21.9. The third-order valence-electron chi connectivity index (χ3n) is 7.13.